The Morgan fingerprint density at radius 1 is 1.71 bits per heavy atom. The van der Waals surface area contributed by atoms with E-state index in [2.05, 4.69) is 4.99 Å². The van der Waals surface area contributed by atoms with Gasteiger partial charge in [-0.05, 0) is 12.1 Å². The van der Waals surface area contributed by atoms with Crippen LogP contribution in [0.5, 0.6) is 0 Å². The molecule has 0 aliphatic carbocycles. The SMILES string of the molecule is NCC(CC(=O)O)C1=CN=CCC=C1. The largest absolute Gasteiger partial charge is 0.481 e. The number of carboxylic acid groups (broad SMARTS) is 1. The lowest BCUT2D eigenvalue weighted by Crippen LogP contribution is -2.19. The number of aliphatic imine (C=N–C) groups is 1. The summed E-state index contributed by atoms with van der Waals surface area (Å²) in [7, 11) is 0. The summed E-state index contributed by atoms with van der Waals surface area (Å²) in [6.07, 6.45) is 8.15. The monoisotopic (exact) mass is 194 g/mol. The number of allylic oxidation sites excluding steroid dienone is 2. The van der Waals surface area contributed by atoms with Gasteiger partial charge in [-0.15, -0.1) is 0 Å². The normalized spacial score (nSPS) is 17.4. The number of nitrogens with zero attached hydrogens (tertiary/aromatic N) is 1. The fraction of sp³-hybridized carbons (Fsp3) is 0.400. The molecular formula is C10H14N2O2. The Labute approximate surface area is 82.8 Å². The second kappa shape index (κ2) is 5.34. The van der Waals surface area contributed by atoms with Gasteiger partial charge < -0.3 is 10.8 Å². The minimum Gasteiger partial charge on any atom is -0.481 e. The van der Waals surface area contributed by atoms with Gasteiger partial charge in [-0.25, -0.2) is 0 Å². The summed E-state index contributed by atoms with van der Waals surface area (Å²) >= 11 is 0. The van der Waals surface area contributed by atoms with Gasteiger partial charge >= 0.3 is 5.97 Å². The Hall–Kier alpha value is -1.42. The molecule has 4 nitrogen and oxygen atoms in total. The molecule has 1 aliphatic heterocycles. The Morgan fingerprint density at radius 2 is 2.50 bits per heavy atom. The maximum absolute atomic E-state index is 10.6. The number of hydrogen-bond donors (Lipinski definition) is 2. The van der Waals surface area contributed by atoms with Gasteiger partial charge in [0.1, 0.15) is 0 Å². The summed E-state index contributed by atoms with van der Waals surface area (Å²) in [5.74, 6) is -0.970. The second-order valence-corrected chi connectivity index (χ2v) is 3.13. The molecule has 0 aromatic rings. The first-order chi connectivity index (χ1) is 6.74. The Morgan fingerprint density at radius 3 is 3.14 bits per heavy atom. The molecule has 0 saturated carbocycles. The van der Waals surface area contributed by atoms with Crippen LogP contribution < -0.4 is 5.73 Å². The van der Waals surface area contributed by atoms with Crippen LogP contribution in [-0.2, 0) is 4.79 Å². The van der Waals surface area contributed by atoms with Crippen LogP contribution in [0, 0.1) is 5.92 Å². The van der Waals surface area contributed by atoms with E-state index in [1.54, 1.807) is 12.4 Å². The van der Waals surface area contributed by atoms with Crippen LogP contribution in [0.3, 0.4) is 0 Å². The van der Waals surface area contributed by atoms with Gasteiger partial charge in [-0.1, -0.05) is 12.2 Å². The van der Waals surface area contributed by atoms with E-state index in [0.29, 0.717) is 6.54 Å². The summed E-state index contributed by atoms with van der Waals surface area (Å²) in [6, 6.07) is 0. The standard InChI is InChI=1S/C10H14N2O2/c11-6-9(5-10(13)14)8-3-1-2-4-12-7-8/h1,3-4,7,9H,2,5-6,11H2,(H,13,14). The predicted molar refractivity (Wildman–Crippen MR) is 55.1 cm³/mol. The van der Waals surface area contributed by atoms with Gasteiger partial charge in [0, 0.05) is 24.8 Å². The highest BCUT2D eigenvalue weighted by Crippen LogP contribution is 2.17. The molecule has 0 amide bonds. The molecule has 1 atom stereocenters. The molecule has 14 heavy (non-hydrogen) atoms. The number of nitrogens with two attached hydrogens (primary N) is 1. The predicted octanol–water partition coefficient (Wildman–Crippen LogP) is 0.951. The maximum Gasteiger partial charge on any atom is 0.304 e. The van der Waals surface area contributed by atoms with Crippen molar-refractivity contribution in [3.8, 4) is 0 Å². The zero-order valence-corrected chi connectivity index (χ0v) is 7.89. The molecule has 1 aliphatic rings. The molecule has 0 aromatic heterocycles. The molecule has 1 rings (SSSR count). The van der Waals surface area contributed by atoms with Crippen molar-refractivity contribution in [2.45, 2.75) is 12.8 Å². The van der Waals surface area contributed by atoms with Crippen LogP contribution in [0.1, 0.15) is 12.8 Å². The summed E-state index contributed by atoms with van der Waals surface area (Å²) in [6.45, 7) is 0.331. The molecule has 0 fully saturated rings. The molecule has 0 spiro atoms. The molecule has 3 N–H and O–H groups in total. The number of carboxylic acids is 1. The van der Waals surface area contributed by atoms with Crippen LogP contribution in [0.25, 0.3) is 0 Å². The van der Waals surface area contributed by atoms with Crippen LogP contribution in [0.15, 0.2) is 28.9 Å². The van der Waals surface area contributed by atoms with Crippen molar-refractivity contribution < 1.29 is 9.90 Å². The Kier molecular flexibility index (Phi) is 4.07. The minimum absolute atomic E-state index is 0.0577. The Balaban J connectivity index is 2.72. The van der Waals surface area contributed by atoms with E-state index < -0.39 is 5.97 Å². The molecule has 0 aromatic carbocycles. The van der Waals surface area contributed by atoms with Crippen molar-refractivity contribution in [3.05, 3.63) is 23.9 Å². The third-order valence-corrected chi connectivity index (χ3v) is 2.06. The zero-order chi connectivity index (χ0) is 10.4. The van der Waals surface area contributed by atoms with E-state index in [0.717, 1.165) is 12.0 Å². The average Bonchev–Trinajstić information content (AvgIpc) is 2.41. The summed E-state index contributed by atoms with van der Waals surface area (Å²) in [5.41, 5.74) is 6.41. The fourth-order valence-electron chi connectivity index (χ4n) is 1.30. The highest BCUT2D eigenvalue weighted by Gasteiger charge is 2.14. The van der Waals surface area contributed by atoms with E-state index in [4.69, 9.17) is 10.8 Å². The quantitative estimate of drug-likeness (QED) is 0.699. The van der Waals surface area contributed by atoms with Crippen LogP contribution in [-0.4, -0.2) is 23.8 Å². The topological polar surface area (TPSA) is 75.7 Å². The summed E-state index contributed by atoms with van der Waals surface area (Å²) in [4.78, 5) is 14.6. The van der Waals surface area contributed by atoms with E-state index >= 15 is 0 Å². The first-order valence-electron chi connectivity index (χ1n) is 4.54. The van der Waals surface area contributed by atoms with E-state index in [1.807, 2.05) is 12.2 Å². The summed E-state index contributed by atoms with van der Waals surface area (Å²) < 4.78 is 0. The number of rotatable bonds is 4. The van der Waals surface area contributed by atoms with E-state index in [9.17, 15) is 4.79 Å². The Bertz CT molecular complexity index is 292. The van der Waals surface area contributed by atoms with E-state index in [1.165, 1.54) is 0 Å². The van der Waals surface area contributed by atoms with Crippen molar-refractivity contribution >= 4 is 12.2 Å². The van der Waals surface area contributed by atoms with Crippen molar-refractivity contribution in [2.24, 2.45) is 16.6 Å². The minimum atomic E-state index is -0.831. The molecule has 76 valence electrons. The van der Waals surface area contributed by atoms with Crippen molar-refractivity contribution in [1.82, 2.24) is 0 Å². The third kappa shape index (κ3) is 3.14. The molecule has 0 radical (unpaired) electrons. The number of hydrogen-bond acceptors (Lipinski definition) is 3. The van der Waals surface area contributed by atoms with Crippen molar-refractivity contribution in [1.29, 1.82) is 0 Å². The van der Waals surface area contributed by atoms with E-state index in [-0.39, 0.29) is 12.3 Å². The molecule has 4 heteroatoms. The highest BCUT2D eigenvalue weighted by molar-refractivity contribution is 5.68. The van der Waals surface area contributed by atoms with Gasteiger partial charge in [0.05, 0.1) is 6.42 Å². The van der Waals surface area contributed by atoms with Gasteiger partial charge in [0.25, 0.3) is 0 Å². The maximum atomic E-state index is 10.6. The van der Waals surface area contributed by atoms with Gasteiger partial charge in [0.2, 0.25) is 0 Å². The van der Waals surface area contributed by atoms with Crippen LogP contribution in [0.2, 0.25) is 0 Å². The molecule has 0 saturated heterocycles. The van der Waals surface area contributed by atoms with Crippen LogP contribution >= 0.6 is 0 Å². The third-order valence-electron chi connectivity index (χ3n) is 2.06. The fourth-order valence-corrected chi connectivity index (χ4v) is 1.30. The molecular weight excluding hydrogens is 180 g/mol. The first kappa shape index (κ1) is 10.7. The highest BCUT2D eigenvalue weighted by atomic mass is 16.4. The van der Waals surface area contributed by atoms with Gasteiger partial charge in [0.15, 0.2) is 0 Å². The smallest absolute Gasteiger partial charge is 0.304 e. The van der Waals surface area contributed by atoms with Crippen LogP contribution in [0.4, 0.5) is 0 Å². The van der Waals surface area contributed by atoms with Gasteiger partial charge in [-0.2, -0.15) is 0 Å². The molecule has 0 bridgehead atoms. The van der Waals surface area contributed by atoms with Gasteiger partial charge in [-0.3, -0.25) is 9.79 Å². The summed E-state index contributed by atoms with van der Waals surface area (Å²) in [5, 5.41) is 8.67. The lowest BCUT2D eigenvalue weighted by molar-refractivity contribution is -0.137. The van der Waals surface area contributed by atoms with Crippen molar-refractivity contribution in [3.63, 3.8) is 0 Å². The average molecular weight is 194 g/mol. The number of carbonyl (C=O) groups is 1. The van der Waals surface area contributed by atoms with Crippen molar-refractivity contribution in [2.75, 3.05) is 6.54 Å². The molecule has 1 unspecified atom stereocenters. The first-order valence-corrected chi connectivity index (χ1v) is 4.54. The zero-order valence-electron chi connectivity index (χ0n) is 7.89. The number of aliphatic carboxylic acids is 1. The molecule has 1 heterocycles. The lowest BCUT2D eigenvalue weighted by atomic mass is 9.96. The lowest BCUT2D eigenvalue weighted by Gasteiger charge is -2.12. The second-order valence-electron chi connectivity index (χ2n) is 3.13.